The van der Waals surface area contributed by atoms with Crippen LogP contribution in [0.4, 0.5) is 5.82 Å². The Kier molecular flexibility index (Phi) is 4.34. The zero-order chi connectivity index (χ0) is 15.8. The number of halogens is 1. The van der Waals surface area contributed by atoms with Gasteiger partial charge in [0.15, 0.2) is 5.65 Å². The summed E-state index contributed by atoms with van der Waals surface area (Å²) in [5.74, 6) is 5.79. The SMILES string of the molecule is CCn1ncc2c(N3CC4COCC4C3)nc(C#CSI)nc21. The van der Waals surface area contributed by atoms with Crippen LogP contribution in [0, 0.1) is 23.0 Å². The first-order valence-electron chi connectivity index (χ1n) is 7.65. The Labute approximate surface area is 151 Å². The van der Waals surface area contributed by atoms with E-state index in [0.29, 0.717) is 17.7 Å². The lowest BCUT2D eigenvalue weighted by atomic mass is 10.0. The third kappa shape index (κ3) is 2.79. The van der Waals surface area contributed by atoms with Crippen LogP contribution < -0.4 is 4.90 Å². The summed E-state index contributed by atoms with van der Waals surface area (Å²) in [4.78, 5) is 11.7. The van der Waals surface area contributed by atoms with E-state index in [1.807, 2.05) is 10.9 Å². The van der Waals surface area contributed by atoms with Crippen molar-refractivity contribution in [2.75, 3.05) is 31.2 Å². The van der Waals surface area contributed by atoms with E-state index in [0.717, 1.165) is 49.7 Å². The summed E-state index contributed by atoms with van der Waals surface area (Å²) in [5.41, 5.74) is 0.869. The lowest BCUT2D eigenvalue weighted by molar-refractivity contribution is 0.177. The maximum atomic E-state index is 5.58. The normalized spacial score (nSPS) is 23.1. The predicted molar refractivity (Wildman–Crippen MR) is 99.5 cm³/mol. The molecule has 0 saturated carbocycles. The fourth-order valence-electron chi connectivity index (χ4n) is 3.39. The van der Waals surface area contributed by atoms with Gasteiger partial charge in [0.25, 0.3) is 0 Å². The van der Waals surface area contributed by atoms with Gasteiger partial charge in [-0.25, -0.2) is 14.6 Å². The molecule has 2 aromatic heterocycles. The number of ether oxygens (including phenoxy) is 1. The Morgan fingerprint density at radius 2 is 2.13 bits per heavy atom. The van der Waals surface area contributed by atoms with E-state index in [4.69, 9.17) is 9.72 Å². The molecule has 0 radical (unpaired) electrons. The minimum absolute atomic E-state index is 0.570. The molecule has 8 heteroatoms. The van der Waals surface area contributed by atoms with Crippen LogP contribution in [0.2, 0.25) is 0 Å². The fraction of sp³-hybridized carbons (Fsp3) is 0.533. The zero-order valence-electron chi connectivity index (χ0n) is 12.7. The highest BCUT2D eigenvalue weighted by molar-refractivity contribution is 14.2. The van der Waals surface area contributed by atoms with Crippen molar-refractivity contribution in [3.05, 3.63) is 12.0 Å². The minimum Gasteiger partial charge on any atom is -0.381 e. The van der Waals surface area contributed by atoms with Crippen molar-refractivity contribution < 1.29 is 4.74 Å². The smallest absolute Gasteiger partial charge is 0.209 e. The first kappa shape index (κ1) is 15.5. The average Bonchev–Trinajstić information content (AvgIpc) is 3.25. The van der Waals surface area contributed by atoms with E-state index in [1.165, 1.54) is 8.93 Å². The Hall–Kier alpha value is -1.05. The van der Waals surface area contributed by atoms with Crippen molar-refractivity contribution in [3.8, 4) is 11.2 Å². The van der Waals surface area contributed by atoms with Crippen LogP contribution in [0.1, 0.15) is 12.7 Å². The maximum Gasteiger partial charge on any atom is 0.209 e. The van der Waals surface area contributed by atoms with Gasteiger partial charge in [-0.2, -0.15) is 5.10 Å². The number of hydrogen-bond donors (Lipinski definition) is 0. The van der Waals surface area contributed by atoms with Crippen molar-refractivity contribution in [2.45, 2.75) is 13.5 Å². The minimum atomic E-state index is 0.570. The molecule has 2 aromatic rings. The van der Waals surface area contributed by atoms with Gasteiger partial charge in [0.2, 0.25) is 5.82 Å². The van der Waals surface area contributed by atoms with Crippen molar-refractivity contribution in [1.29, 1.82) is 0 Å². The lowest BCUT2D eigenvalue weighted by Crippen LogP contribution is -2.24. The second-order valence-corrected chi connectivity index (χ2v) is 7.51. The summed E-state index contributed by atoms with van der Waals surface area (Å²) >= 11 is 2.16. The number of aryl methyl sites for hydroxylation is 1. The summed E-state index contributed by atoms with van der Waals surface area (Å²) in [6, 6.07) is 0. The van der Waals surface area contributed by atoms with Gasteiger partial charge in [0.05, 0.1) is 24.8 Å². The van der Waals surface area contributed by atoms with Crippen LogP contribution in [0.5, 0.6) is 0 Å². The van der Waals surface area contributed by atoms with Gasteiger partial charge >= 0.3 is 0 Å². The monoisotopic (exact) mass is 441 g/mol. The average molecular weight is 441 g/mol. The number of hydrogen-bond acceptors (Lipinski definition) is 6. The molecule has 0 N–H and O–H groups in total. The topological polar surface area (TPSA) is 56.1 Å². The molecule has 2 saturated heterocycles. The summed E-state index contributed by atoms with van der Waals surface area (Å²) < 4.78 is 7.49. The number of anilines is 1. The standard InChI is InChI=1S/C15H16IN5OS/c1-2-21-15-12(5-17-21)14(18-13(19-15)3-4-23-16)20-6-10-8-22-9-11(10)7-20/h5,10-11H,2,6-9H2,1H3. The molecule has 4 heterocycles. The highest BCUT2D eigenvalue weighted by Crippen LogP contribution is 2.34. The molecule has 4 rings (SSSR count). The van der Waals surface area contributed by atoms with Crippen molar-refractivity contribution in [3.63, 3.8) is 0 Å². The fourth-order valence-corrected chi connectivity index (χ4v) is 3.85. The van der Waals surface area contributed by atoms with E-state index < -0.39 is 0 Å². The zero-order valence-corrected chi connectivity index (χ0v) is 15.7. The second-order valence-electron chi connectivity index (χ2n) is 5.84. The molecule has 120 valence electrons. The molecule has 0 amide bonds. The highest BCUT2D eigenvalue weighted by Gasteiger charge is 2.38. The van der Waals surface area contributed by atoms with E-state index in [2.05, 4.69) is 54.3 Å². The molecule has 2 aliphatic heterocycles. The van der Waals surface area contributed by atoms with Crippen LogP contribution >= 0.6 is 30.1 Å². The van der Waals surface area contributed by atoms with Crippen LogP contribution in [0.3, 0.4) is 0 Å². The molecular formula is C15H16IN5OS. The Bertz CT molecular complexity index is 786. The molecule has 2 atom stereocenters. The Morgan fingerprint density at radius 1 is 1.35 bits per heavy atom. The number of fused-ring (bicyclic) bond motifs is 2. The van der Waals surface area contributed by atoms with Crippen LogP contribution in [0.15, 0.2) is 6.20 Å². The van der Waals surface area contributed by atoms with Gasteiger partial charge < -0.3 is 9.64 Å². The van der Waals surface area contributed by atoms with Gasteiger partial charge in [-0.3, -0.25) is 0 Å². The van der Waals surface area contributed by atoms with E-state index in [9.17, 15) is 0 Å². The maximum absolute atomic E-state index is 5.58. The predicted octanol–water partition coefficient (Wildman–Crippen LogP) is 2.32. The molecule has 0 aromatic carbocycles. The lowest BCUT2D eigenvalue weighted by Gasteiger charge is -2.19. The quantitative estimate of drug-likeness (QED) is 0.527. The highest BCUT2D eigenvalue weighted by atomic mass is 127. The molecule has 2 aliphatic rings. The molecule has 2 unspecified atom stereocenters. The van der Waals surface area contributed by atoms with Gasteiger partial charge in [-0.15, -0.1) is 0 Å². The number of rotatable bonds is 2. The molecule has 0 bridgehead atoms. The third-order valence-electron chi connectivity index (χ3n) is 4.52. The molecular weight excluding hydrogens is 425 g/mol. The second kappa shape index (κ2) is 6.45. The largest absolute Gasteiger partial charge is 0.381 e. The molecule has 0 aliphatic carbocycles. The Balaban J connectivity index is 1.79. The van der Waals surface area contributed by atoms with Crippen LogP contribution in [-0.4, -0.2) is 46.1 Å². The van der Waals surface area contributed by atoms with E-state index in [-0.39, 0.29) is 0 Å². The summed E-state index contributed by atoms with van der Waals surface area (Å²) in [6.07, 6.45) is 1.88. The van der Waals surface area contributed by atoms with E-state index >= 15 is 0 Å². The number of aromatic nitrogens is 4. The molecule has 0 spiro atoms. The first-order valence-corrected chi connectivity index (χ1v) is 11.0. The van der Waals surface area contributed by atoms with Gasteiger partial charge in [0, 0.05) is 52.7 Å². The van der Waals surface area contributed by atoms with Crippen LogP contribution in [-0.2, 0) is 11.3 Å². The van der Waals surface area contributed by atoms with Gasteiger partial charge in [-0.1, -0.05) is 0 Å². The Morgan fingerprint density at radius 3 is 2.83 bits per heavy atom. The number of nitrogens with zero attached hydrogens (tertiary/aromatic N) is 5. The summed E-state index contributed by atoms with van der Waals surface area (Å²) in [7, 11) is 1.44. The molecule has 6 nitrogen and oxygen atoms in total. The summed E-state index contributed by atoms with van der Waals surface area (Å²) in [5, 5.41) is 8.44. The summed E-state index contributed by atoms with van der Waals surface area (Å²) in [6.45, 7) is 6.55. The van der Waals surface area contributed by atoms with Crippen molar-refractivity contribution in [1.82, 2.24) is 19.7 Å². The van der Waals surface area contributed by atoms with Gasteiger partial charge in [0.1, 0.15) is 5.82 Å². The van der Waals surface area contributed by atoms with Crippen molar-refractivity contribution >= 4 is 47.0 Å². The van der Waals surface area contributed by atoms with Crippen LogP contribution in [0.25, 0.3) is 11.0 Å². The third-order valence-corrected chi connectivity index (χ3v) is 5.36. The van der Waals surface area contributed by atoms with Crippen molar-refractivity contribution in [2.24, 2.45) is 11.8 Å². The van der Waals surface area contributed by atoms with E-state index in [1.54, 1.807) is 0 Å². The molecule has 23 heavy (non-hydrogen) atoms. The first-order chi connectivity index (χ1) is 11.3. The molecule has 2 fully saturated rings. The van der Waals surface area contributed by atoms with Gasteiger partial charge in [-0.05, 0) is 27.0 Å².